The fourth-order valence-electron chi connectivity index (χ4n) is 4.30. The fraction of sp³-hybridized carbons (Fsp3) is 0.571. The minimum atomic E-state index is -0.252. The van der Waals surface area contributed by atoms with Crippen molar-refractivity contribution in [1.82, 2.24) is 0 Å². The van der Waals surface area contributed by atoms with Gasteiger partial charge in [0, 0.05) is 0 Å². The van der Waals surface area contributed by atoms with Gasteiger partial charge in [0.1, 0.15) is 23.4 Å². The Morgan fingerprint density at radius 3 is 1.26 bits per heavy atom. The highest BCUT2D eigenvalue weighted by molar-refractivity contribution is 5.33. The Kier molecular flexibility index (Phi) is 5.40. The highest BCUT2D eigenvalue weighted by Crippen LogP contribution is 2.52. The largest absolute Gasteiger partial charge is 0.375 e. The van der Waals surface area contributed by atoms with Crippen LogP contribution in [0.15, 0.2) is 48.5 Å². The molecule has 2 saturated heterocycles. The van der Waals surface area contributed by atoms with E-state index < -0.39 is 0 Å². The summed E-state index contributed by atoms with van der Waals surface area (Å²) in [6.45, 7) is 18.8. The van der Waals surface area contributed by atoms with Crippen molar-refractivity contribution in [3.8, 4) is 0 Å². The molecule has 0 bridgehead atoms. The van der Waals surface area contributed by atoms with Crippen molar-refractivity contribution in [3.63, 3.8) is 0 Å². The number of hydrogen-bond donors (Lipinski definition) is 0. The second kappa shape index (κ2) is 7.43. The van der Waals surface area contributed by atoms with E-state index in [2.05, 4.69) is 104 Å². The molecule has 2 aliphatic heterocycles. The quantitative estimate of drug-likeness (QED) is 0.488. The first-order valence-corrected chi connectivity index (χ1v) is 11.5. The molecule has 4 unspecified atom stereocenters. The Labute approximate surface area is 188 Å². The molecule has 31 heavy (non-hydrogen) atoms. The van der Waals surface area contributed by atoms with Crippen LogP contribution in [0.4, 0.5) is 0 Å². The Morgan fingerprint density at radius 1 is 0.645 bits per heavy atom. The van der Waals surface area contributed by atoms with Gasteiger partial charge in [-0.2, -0.15) is 0 Å². The first-order chi connectivity index (χ1) is 14.3. The third kappa shape index (κ3) is 4.74. The van der Waals surface area contributed by atoms with Gasteiger partial charge in [0.15, 0.2) is 0 Å². The van der Waals surface area contributed by atoms with Crippen LogP contribution in [0.1, 0.15) is 89.9 Å². The van der Waals surface area contributed by atoms with Gasteiger partial charge in [0.25, 0.3) is 0 Å². The molecule has 4 rings (SSSR count). The molecule has 0 aromatic heterocycles. The molecule has 0 radical (unpaired) electrons. The summed E-state index contributed by atoms with van der Waals surface area (Å²) in [6, 6.07) is 17.6. The lowest BCUT2D eigenvalue weighted by Crippen LogP contribution is -2.23. The molecule has 0 amide bonds. The van der Waals surface area contributed by atoms with Crippen LogP contribution >= 0.6 is 0 Å². The Hall–Kier alpha value is -1.68. The van der Waals surface area contributed by atoms with E-state index in [1.807, 2.05) is 0 Å². The Morgan fingerprint density at radius 2 is 0.968 bits per heavy atom. The molecule has 168 valence electrons. The van der Waals surface area contributed by atoms with E-state index in [0.717, 1.165) is 0 Å². The molecule has 2 aromatic carbocycles. The van der Waals surface area contributed by atoms with Crippen LogP contribution < -0.4 is 0 Å². The first-order valence-electron chi connectivity index (χ1n) is 11.5. The van der Waals surface area contributed by atoms with E-state index in [4.69, 9.17) is 14.2 Å². The monoisotopic (exact) mass is 422 g/mol. The van der Waals surface area contributed by atoms with Crippen LogP contribution in [0.5, 0.6) is 0 Å². The zero-order chi connectivity index (χ0) is 22.7. The van der Waals surface area contributed by atoms with Gasteiger partial charge in [0.05, 0.1) is 13.2 Å². The molecule has 3 heteroatoms. The van der Waals surface area contributed by atoms with Crippen molar-refractivity contribution in [3.05, 3.63) is 70.8 Å². The summed E-state index contributed by atoms with van der Waals surface area (Å²) < 4.78 is 18.2. The summed E-state index contributed by atoms with van der Waals surface area (Å²) in [5, 5.41) is 0. The Balaban J connectivity index is 1.28. The van der Waals surface area contributed by atoms with Crippen LogP contribution in [0.2, 0.25) is 0 Å². The second-order valence-electron chi connectivity index (χ2n) is 11.9. The van der Waals surface area contributed by atoms with E-state index in [1.54, 1.807) is 0 Å². The van der Waals surface area contributed by atoms with Crippen LogP contribution in [-0.2, 0) is 25.0 Å². The summed E-state index contributed by atoms with van der Waals surface area (Å²) in [5.41, 5.74) is 4.97. The lowest BCUT2D eigenvalue weighted by atomic mass is 9.86. The molecule has 2 heterocycles. The number of benzene rings is 2. The molecule has 4 atom stereocenters. The van der Waals surface area contributed by atoms with Crippen molar-refractivity contribution in [2.24, 2.45) is 0 Å². The maximum absolute atomic E-state index is 6.10. The molecule has 0 N–H and O–H groups in total. The summed E-state index contributed by atoms with van der Waals surface area (Å²) in [4.78, 5) is 0. The SMILES string of the molecule is CC(C)(C)c1ccc(C2OC2(C)COCC2(C)OC2c2ccc(C(C)(C)C)cc2)cc1. The maximum Gasteiger partial charge on any atom is 0.120 e. The van der Waals surface area contributed by atoms with Gasteiger partial charge in [-0.25, -0.2) is 0 Å². The van der Waals surface area contributed by atoms with Crippen molar-refractivity contribution in [1.29, 1.82) is 0 Å². The molecule has 3 nitrogen and oxygen atoms in total. The lowest BCUT2D eigenvalue weighted by Gasteiger charge is -2.19. The average Bonchev–Trinajstić information content (AvgIpc) is 3.56. The minimum absolute atomic E-state index is 0.107. The van der Waals surface area contributed by atoms with Gasteiger partial charge in [-0.05, 0) is 46.9 Å². The van der Waals surface area contributed by atoms with Gasteiger partial charge >= 0.3 is 0 Å². The van der Waals surface area contributed by atoms with Crippen LogP contribution in [-0.4, -0.2) is 24.4 Å². The van der Waals surface area contributed by atoms with Gasteiger partial charge in [-0.3, -0.25) is 0 Å². The van der Waals surface area contributed by atoms with E-state index in [-0.39, 0.29) is 34.2 Å². The normalized spacial score (nSPS) is 30.3. The maximum atomic E-state index is 6.10. The topological polar surface area (TPSA) is 34.3 Å². The van der Waals surface area contributed by atoms with Crippen LogP contribution in [0.3, 0.4) is 0 Å². The van der Waals surface area contributed by atoms with E-state index in [9.17, 15) is 0 Å². The van der Waals surface area contributed by atoms with E-state index in [0.29, 0.717) is 13.2 Å². The lowest BCUT2D eigenvalue weighted by molar-refractivity contribution is 0.0520. The number of epoxide rings is 2. The summed E-state index contributed by atoms with van der Waals surface area (Å²) >= 11 is 0. The zero-order valence-electron chi connectivity index (χ0n) is 20.4. The number of rotatable bonds is 6. The number of hydrogen-bond acceptors (Lipinski definition) is 3. The highest BCUT2D eigenvalue weighted by atomic mass is 16.7. The van der Waals surface area contributed by atoms with Crippen molar-refractivity contribution < 1.29 is 14.2 Å². The second-order valence-corrected chi connectivity index (χ2v) is 11.9. The summed E-state index contributed by atoms with van der Waals surface area (Å²) in [5.74, 6) is 0. The van der Waals surface area contributed by atoms with Gasteiger partial charge < -0.3 is 14.2 Å². The molecule has 0 saturated carbocycles. The summed E-state index contributed by atoms with van der Waals surface area (Å²) in [7, 11) is 0. The third-order valence-electron chi connectivity index (χ3n) is 6.71. The molecular weight excluding hydrogens is 384 g/mol. The van der Waals surface area contributed by atoms with Crippen molar-refractivity contribution in [2.45, 2.75) is 89.6 Å². The third-order valence-corrected chi connectivity index (χ3v) is 6.71. The molecule has 0 spiro atoms. The standard InChI is InChI=1S/C28H38O3/c1-25(2,3)21-13-9-19(10-14-21)23-27(7,30-23)17-29-18-28(8)24(31-28)20-11-15-22(16-12-20)26(4,5)6/h9-16,23-24H,17-18H2,1-8H3. The molecular formula is C28H38O3. The molecule has 2 aromatic rings. The summed E-state index contributed by atoms with van der Waals surface area (Å²) in [6.07, 6.45) is 0.213. The Bertz CT molecular complexity index is 839. The molecule has 2 fully saturated rings. The van der Waals surface area contributed by atoms with Crippen molar-refractivity contribution >= 4 is 0 Å². The zero-order valence-corrected chi connectivity index (χ0v) is 20.4. The van der Waals surface area contributed by atoms with E-state index in [1.165, 1.54) is 22.3 Å². The van der Waals surface area contributed by atoms with Crippen LogP contribution in [0.25, 0.3) is 0 Å². The fourth-order valence-corrected chi connectivity index (χ4v) is 4.30. The van der Waals surface area contributed by atoms with Crippen LogP contribution in [0, 0.1) is 0 Å². The first kappa shape index (κ1) is 22.5. The highest BCUT2D eigenvalue weighted by Gasteiger charge is 2.56. The number of ether oxygens (including phenoxy) is 3. The predicted molar refractivity (Wildman–Crippen MR) is 126 cm³/mol. The van der Waals surface area contributed by atoms with Gasteiger partial charge in [0.2, 0.25) is 0 Å². The average molecular weight is 423 g/mol. The molecule has 0 aliphatic carbocycles. The van der Waals surface area contributed by atoms with Gasteiger partial charge in [-0.1, -0.05) is 90.1 Å². The van der Waals surface area contributed by atoms with Gasteiger partial charge in [-0.15, -0.1) is 0 Å². The predicted octanol–water partition coefficient (Wildman–Crippen LogP) is 6.66. The van der Waals surface area contributed by atoms with Crippen molar-refractivity contribution in [2.75, 3.05) is 13.2 Å². The van der Waals surface area contributed by atoms with E-state index >= 15 is 0 Å². The smallest absolute Gasteiger partial charge is 0.120 e. The molecule has 2 aliphatic rings. The minimum Gasteiger partial charge on any atom is -0.375 e.